The molecule has 0 aromatic heterocycles. The zero-order valence-electron chi connectivity index (χ0n) is 11.8. The Morgan fingerprint density at radius 3 is 2.33 bits per heavy atom. The fourth-order valence-corrected chi connectivity index (χ4v) is 6.58. The second-order valence-corrected chi connectivity index (χ2v) is 12.3. The van der Waals surface area contributed by atoms with Gasteiger partial charge in [0, 0.05) is 10.00 Å². The highest BCUT2D eigenvalue weighted by atomic mass is 33.1. The third-order valence-corrected chi connectivity index (χ3v) is 7.75. The van der Waals surface area contributed by atoms with Crippen molar-refractivity contribution in [3.05, 3.63) is 0 Å². The Balaban J connectivity index is 2.62. The minimum Gasteiger partial charge on any atom is -0.324 e. The highest BCUT2D eigenvalue weighted by Crippen LogP contribution is 2.57. The van der Waals surface area contributed by atoms with Crippen molar-refractivity contribution in [2.75, 3.05) is 6.61 Å². The zero-order valence-corrected chi connectivity index (χ0v) is 15.1. The summed E-state index contributed by atoms with van der Waals surface area (Å²) in [6.07, 6.45) is -0.0803. The molecular weight excluding hydrogens is 307 g/mol. The van der Waals surface area contributed by atoms with E-state index < -0.39 is 6.72 Å². The lowest BCUT2D eigenvalue weighted by Gasteiger charge is -2.31. The second kappa shape index (κ2) is 5.92. The molecule has 0 aliphatic carbocycles. The van der Waals surface area contributed by atoms with Gasteiger partial charge in [-0.25, -0.2) is 0 Å². The van der Waals surface area contributed by atoms with E-state index in [-0.39, 0.29) is 16.3 Å². The normalized spacial score (nSPS) is 31.3. The van der Waals surface area contributed by atoms with Crippen LogP contribution in [0, 0.1) is 5.41 Å². The molecule has 0 aromatic carbocycles. The molecule has 0 saturated carbocycles. The minimum absolute atomic E-state index is 0.0313. The second-order valence-electron chi connectivity index (χ2n) is 6.32. The number of rotatable bonds is 4. The summed E-state index contributed by atoms with van der Waals surface area (Å²) in [6, 6.07) is 0. The average molecular weight is 330 g/mol. The van der Waals surface area contributed by atoms with E-state index in [0.717, 1.165) is 0 Å². The van der Waals surface area contributed by atoms with E-state index in [0.29, 0.717) is 11.9 Å². The first-order chi connectivity index (χ1) is 7.93. The van der Waals surface area contributed by atoms with E-state index in [9.17, 15) is 4.89 Å². The predicted octanol–water partition coefficient (Wildman–Crippen LogP) is 4.21. The van der Waals surface area contributed by atoms with Crippen molar-refractivity contribution in [3.63, 3.8) is 0 Å². The molecular formula is C11H23O3PS3. The topological polar surface area (TPSA) is 38.7 Å². The van der Waals surface area contributed by atoms with Crippen LogP contribution in [0.4, 0.5) is 0 Å². The third kappa shape index (κ3) is 5.31. The molecule has 1 rings (SSSR count). The van der Waals surface area contributed by atoms with Gasteiger partial charge in [0.15, 0.2) is 0 Å². The number of hydrogen-bond acceptors (Lipinski definition) is 5. The molecule has 0 radical (unpaired) electrons. The lowest BCUT2D eigenvalue weighted by molar-refractivity contribution is 0.101. The first kappa shape index (κ1) is 17.3. The van der Waals surface area contributed by atoms with Crippen LogP contribution in [0.15, 0.2) is 0 Å². The smallest absolute Gasteiger partial charge is 0.324 e. The Labute approximate surface area is 123 Å². The van der Waals surface area contributed by atoms with E-state index in [2.05, 4.69) is 20.8 Å². The molecule has 18 heavy (non-hydrogen) atoms. The van der Waals surface area contributed by atoms with E-state index >= 15 is 0 Å². The lowest BCUT2D eigenvalue weighted by Crippen LogP contribution is -2.36. The fourth-order valence-electron chi connectivity index (χ4n) is 1.52. The monoisotopic (exact) mass is 330 g/mol. The quantitative estimate of drug-likeness (QED) is 0.615. The summed E-state index contributed by atoms with van der Waals surface area (Å²) in [4.78, 5) is 10.2. The van der Waals surface area contributed by atoms with Crippen LogP contribution < -0.4 is 0 Å². The molecule has 1 saturated heterocycles. The van der Waals surface area contributed by atoms with E-state index in [1.807, 2.05) is 20.8 Å². The summed E-state index contributed by atoms with van der Waals surface area (Å²) >= 11 is 5.11. The van der Waals surface area contributed by atoms with E-state index in [1.54, 1.807) is 21.6 Å². The predicted molar refractivity (Wildman–Crippen MR) is 85.5 cm³/mol. The van der Waals surface area contributed by atoms with Gasteiger partial charge in [0.05, 0.1) is 12.7 Å². The Hall–Kier alpha value is 1.23. The summed E-state index contributed by atoms with van der Waals surface area (Å²) in [6.45, 7) is 9.68. The largest absolute Gasteiger partial charge is 0.324 e. The van der Waals surface area contributed by atoms with Crippen LogP contribution in [-0.2, 0) is 20.9 Å². The highest BCUT2D eigenvalue weighted by molar-refractivity contribution is 8.77. The summed E-state index contributed by atoms with van der Waals surface area (Å²) in [7, 11) is 3.55. The summed E-state index contributed by atoms with van der Waals surface area (Å²) in [5.41, 5.74) is -0.0313. The van der Waals surface area contributed by atoms with Gasteiger partial charge in [-0.15, -0.1) is 0 Å². The Kier molecular flexibility index (Phi) is 5.69. The molecule has 1 aliphatic heterocycles. The van der Waals surface area contributed by atoms with Crippen LogP contribution in [0.3, 0.4) is 0 Å². The molecule has 0 spiro atoms. The van der Waals surface area contributed by atoms with Gasteiger partial charge in [0.2, 0.25) is 0 Å². The van der Waals surface area contributed by atoms with E-state index in [1.165, 1.54) is 0 Å². The molecule has 0 aromatic rings. The van der Waals surface area contributed by atoms with Crippen LogP contribution in [0.5, 0.6) is 0 Å². The standard InChI is InChI=1S/C11H23O3PS3/c1-8-9(11(5,6)18-17-8)14-15(12,16)13-7-10(2,3)4/h8-9H,7H2,1-6H3,(H,12,16)/t8-,9-,15?/m0/s1. The van der Waals surface area contributed by atoms with Crippen molar-refractivity contribution in [1.29, 1.82) is 0 Å². The van der Waals surface area contributed by atoms with Gasteiger partial charge in [-0.05, 0) is 38.0 Å². The zero-order chi connectivity index (χ0) is 14.2. The van der Waals surface area contributed by atoms with E-state index in [4.69, 9.17) is 20.9 Å². The molecule has 0 bridgehead atoms. The Morgan fingerprint density at radius 2 is 1.94 bits per heavy atom. The van der Waals surface area contributed by atoms with Gasteiger partial charge >= 0.3 is 6.72 Å². The average Bonchev–Trinajstić information content (AvgIpc) is 2.41. The van der Waals surface area contributed by atoms with Gasteiger partial charge in [0.1, 0.15) is 0 Å². The van der Waals surface area contributed by atoms with Crippen molar-refractivity contribution in [3.8, 4) is 0 Å². The highest BCUT2D eigenvalue weighted by Gasteiger charge is 2.45. The molecule has 7 heteroatoms. The maximum absolute atomic E-state index is 10.2. The molecule has 108 valence electrons. The molecule has 1 aliphatic rings. The van der Waals surface area contributed by atoms with Crippen molar-refractivity contribution in [2.45, 2.75) is 57.6 Å². The molecule has 1 fully saturated rings. The molecule has 1 unspecified atom stereocenters. The lowest BCUT2D eigenvalue weighted by atomic mass is 9.99. The maximum Gasteiger partial charge on any atom is 0.324 e. The van der Waals surface area contributed by atoms with Crippen LogP contribution >= 0.6 is 28.3 Å². The number of hydrogen-bond donors (Lipinski definition) is 1. The first-order valence-electron chi connectivity index (χ1n) is 5.93. The molecule has 1 heterocycles. The molecule has 3 atom stereocenters. The molecule has 3 nitrogen and oxygen atoms in total. The Bertz CT molecular complexity index is 341. The molecule has 1 N–H and O–H groups in total. The van der Waals surface area contributed by atoms with Crippen LogP contribution in [0.25, 0.3) is 0 Å². The SMILES string of the molecule is C[C@@H]1SSC(C)(C)[C@H]1OP(O)(=S)OCC(C)(C)C. The summed E-state index contributed by atoms with van der Waals surface area (Å²) in [5, 5.41) is 0.303. The fraction of sp³-hybridized carbons (Fsp3) is 1.00. The first-order valence-corrected chi connectivity index (χ1v) is 10.7. The van der Waals surface area contributed by atoms with Crippen LogP contribution in [0.1, 0.15) is 41.5 Å². The maximum atomic E-state index is 10.2. The van der Waals surface area contributed by atoms with Crippen LogP contribution in [-0.4, -0.2) is 27.6 Å². The van der Waals surface area contributed by atoms with Crippen molar-refractivity contribution >= 4 is 40.1 Å². The van der Waals surface area contributed by atoms with Gasteiger partial charge in [-0.2, -0.15) is 0 Å². The van der Waals surface area contributed by atoms with Crippen LogP contribution in [0.2, 0.25) is 0 Å². The van der Waals surface area contributed by atoms with Crippen molar-refractivity contribution < 1.29 is 13.9 Å². The van der Waals surface area contributed by atoms with Gasteiger partial charge in [0.25, 0.3) is 0 Å². The Morgan fingerprint density at radius 1 is 1.39 bits per heavy atom. The van der Waals surface area contributed by atoms with Gasteiger partial charge < -0.3 is 13.9 Å². The van der Waals surface area contributed by atoms with Crippen molar-refractivity contribution in [2.24, 2.45) is 5.41 Å². The summed E-state index contributed by atoms with van der Waals surface area (Å²) < 4.78 is 11.1. The third-order valence-electron chi connectivity index (χ3n) is 2.43. The van der Waals surface area contributed by atoms with Crippen molar-refractivity contribution in [1.82, 2.24) is 0 Å². The minimum atomic E-state index is -3.15. The van der Waals surface area contributed by atoms with Gasteiger partial charge in [-0.1, -0.05) is 42.4 Å². The summed E-state index contributed by atoms with van der Waals surface area (Å²) in [5.74, 6) is 0. The van der Waals surface area contributed by atoms with Gasteiger partial charge in [-0.3, -0.25) is 0 Å². The molecule has 0 amide bonds.